The maximum Gasteiger partial charge on any atom is 1.00 e. The molecule has 0 N–H and O–H groups in total. The number of rotatable bonds is 37. The fourth-order valence-electron chi connectivity index (χ4n) is 6.65. The summed E-state index contributed by atoms with van der Waals surface area (Å²) in [6.07, 6.45) is 44.6. The number of hydrogen-bond acceptors (Lipinski definition) is 7. The van der Waals surface area contributed by atoms with E-state index in [1.165, 1.54) is 153 Å². The fraction of sp³-hybridized carbons (Fsp3) is 0.739. The smallest absolute Gasteiger partial charge is 0.744 e. The maximum atomic E-state index is 13.0. The van der Waals surface area contributed by atoms with Gasteiger partial charge in [0.2, 0.25) is 0 Å². The number of benzene rings is 1. The Balaban J connectivity index is 0.0000292. The molecule has 0 unspecified atom stereocenters. The summed E-state index contributed by atoms with van der Waals surface area (Å²) in [7, 11) is -5.02. The molecule has 0 aliphatic carbocycles. The van der Waals surface area contributed by atoms with Crippen LogP contribution in [-0.2, 0) is 19.6 Å². The predicted octanol–water partition coefficient (Wildman–Crippen LogP) is 10.8. The average molecular weight is 797 g/mol. The van der Waals surface area contributed by atoms with Crippen LogP contribution < -0.4 is 29.6 Å². The molecule has 0 aromatic heterocycles. The Kier molecular flexibility index (Phi) is 37.1. The predicted molar refractivity (Wildman–Crippen MR) is 223 cm³/mol. The van der Waals surface area contributed by atoms with E-state index in [4.69, 9.17) is 9.47 Å². The Hall–Kier alpha value is -1.45. The van der Waals surface area contributed by atoms with Gasteiger partial charge < -0.3 is 14.0 Å². The number of unbranched alkanes of at least 4 members (excludes halogenated alkanes) is 26. The summed E-state index contributed by atoms with van der Waals surface area (Å²) in [4.78, 5) is 25.2. The van der Waals surface area contributed by atoms with Crippen LogP contribution in [0.2, 0.25) is 0 Å². The molecule has 0 spiro atoms. The Morgan fingerprint density at radius 2 is 0.836 bits per heavy atom. The molecule has 0 saturated heterocycles. The number of carbonyl (C=O) groups excluding carboxylic acids is 2. The summed E-state index contributed by atoms with van der Waals surface area (Å²) in [5.41, 5.74) is -0.779. The van der Waals surface area contributed by atoms with Gasteiger partial charge >= 0.3 is 41.5 Å². The zero-order chi connectivity index (χ0) is 39.4. The largest absolute Gasteiger partial charge is 1.00 e. The van der Waals surface area contributed by atoms with Gasteiger partial charge in [-0.1, -0.05) is 173 Å². The SMILES string of the molecule is CCCCC/C=C/CCCCCCCCCCCCOC(=O)c1cccc(S(=O)(=O)[O-])c1C(=O)OCCCCCCCCCCCC/C=C/CCCCC.[Na+]. The van der Waals surface area contributed by atoms with Crippen molar-refractivity contribution < 1.29 is 61.6 Å². The average Bonchev–Trinajstić information content (AvgIpc) is 3.16. The third-order valence-corrected chi connectivity index (χ3v) is 10.9. The first kappa shape index (κ1) is 53.6. The quantitative estimate of drug-likeness (QED) is 0.0217. The van der Waals surface area contributed by atoms with Gasteiger partial charge in [0.25, 0.3) is 0 Å². The summed E-state index contributed by atoms with van der Waals surface area (Å²) in [5.74, 6) is -1.81. The molecule has 1 aromatic rings. The van der Waals surface area contributed by atoms with Crippen molar-refractivity contribution in [3.8, 4) is 0 Å². The van der Waals surface area contributed by atoms with E-state index < -0.39 is 32.5 Å². The van der Waals surface area contributed by atoms with Gasteiger partial charge in [0, 0.05) is 0 Å². The Bertz CT molecular complexity index is 1240. The number of hydrogen-bond donors (Lipinski definition) is 0. The summed E-state index contributed by atoms with van der Waals surface area (Å²) in [5, 5.41) is 0. The molecule has 0 bridgehead atoms. The van der Waals surface area contributed by atoms with Crippen LogP contribution in [0.5, 0.6) is 0 Å². The van der Waals surface area contributed by atoms with Crippen LogP contribution in [0.15, 0.2) is 47.4 Å². The van der Waals surface area contributed by atoms with Crippen LogP contribution in [0.4, 0.5) is 0 Å². The van der Waals surface area contributed by atoms with E-state index in [-0.39, 0.29) is 48.3 Å². The minimum atomic E-state index is -5.02. The Morgan fingerprint density at radius 3 is 1.20 bits per heavy atom. The first-order valence-electron chi connectivity index (χ1n) is 22.1. The number of allylic oxidation sites excluding steroid dienone is 4. The van der Waals surface area contributed by atoms with Gasteiger partial charge in [0.15, 0.2) is 0 Å². The van der Waals surface area contributed by atoms with Crippen molar-refractivity contribution in [3.05, 3.63) is 53.6 Å². The fourth-order valence-corrected chi connectivity index (χ4v) is 7.34. The van der Waals surface area contributed by atoms with Crippen LogP contribution in [0.25, 0.3) is 0 Å². The van der Waals surface area contributed by atoms with Gasteiger partial charge in [-0.3, -0.25) is 0 Å². The van der Waals surface area contributed by atoms with Crippen LogP contribution >= 0.6 is 0 Å². The summed E-state index contributed by atoms with van der Waals surface area (Å²) in [6, 6.07) is 3.63. The number of carbonyl (C=O) groups is 2. The van der Waals surface area contributed by atoms with E-state index >= 15 is 0 Å². The van der Waals surface area contributed by atoms with Crippen molar-refractivity contribution in [2.24, 2.45) is 0 Å². The molecule has 0 heterocycles. The molecule has 310 valence electrons. The summed E-state index contributed by atoms with van der Waals surface area (Å²) < 4.78 is 46.7. The van der Waals surface area contributed by atoms with Gasteiger partial charge in [-0.15, -0.1) is 0 Å². The van der Waals surface area contributed by atoms with Gasteiger partial charge in [0.1, 0.15) is 10.1 Å². The minimum Gasteiger partial charge on any atom is -0.744 e. The molecular formula is C46H77NaO7S. The van der Waals surface area contributed by atoms with Crippen molar-refractivity contribution in [3.63, 3.8) is 0 Å². The van der Waals surface area contributed by atoms with Gasteiger partial charge in [-0.2, -0.15) is 0 Å². The molecule has 0 aliphatic heterocycles. The van der Waals surface area contributed by atoms with E-state index in [2.05, 4.69) is 38.2 Å². The topological polar surface area (TPSA) is 110 Å². The van der Waals surface area contributed by atoms with Crippen LogP contribution in [0, 0.1) is 0 Å². The number of esters is 2. The van der Waals surface area contributed by atoms with Crippen molar-refractivity contribution in [2.75, 3.05) is 13.2 Å². The molecule has 1 rings (SSSR count). The Morgan fingerprint density at radius 1 is 0.509 bits per heavy atom. The van der Waals surface area contributed by atoms with Gasteiger partial charge in [-0.05, 0) is 76.3 Å². The monoisotopic (exact) mass is 797 g/mol. The van der Waals surface area contributed by atoms with Gasteiger partial charge in [0.05, 0.1) is 29.2 Å². The summed E-state index contributed by atoms with van der Waals surface area (Å²) >= 11 is 0. The normalized spacial score (nSPS) is 11.7. The van der Waals surface area contributed by atoms with Crippen molar-refractivity contribution in [1.82, 2.24) is 0 Å². The van der Waals surface area contributed by atoms with E-state index in [9.17, 15) is 22.6 Å². The van der Waals surface area contributed by atoms with Crippen LogP contribution in [0.3, 0.4) is 0 Å². The van der Waals surface area contributed by atoms with E-state index in [1.807, 2.05) is 0 Å². The zero-order valence-electron chi connectivity index (χ0n) is 35.4. The molecule has 0 fully saturated rings. The molecule has 7 nitrogen and oxygen atoms in total. The van der Waals surface area contributed by atoms with Crippen LogP contribution in [0.1, 0.15) is 227 Å². The summed E-state index contributed by atoms with van der Waals surface area (Å²) in [6.45, 7) is 4.72. The minimum absolute atomic E-state index is 0. The molecule has 9 heteroatoms. The van der Waals surface area contributed by atoms with Crippen molar-refractivity contribution in [1.29, 1.82) is 0 Å². The first-order valence-corrected chi connectivity index (χ1v) is 23.5. The molecule has 55 heavy (non-hydrogen) atoms. The zero-order valence-corrected chi connectivity index (χ0v) is 38.3. The second kappa shape index (κ2) is 38.1. The molecule has 1 aromatic carbocycles. The van der Waals surface area contributed by atoms with Crippen molar-refractivity contribution in [2.45, 2.75) is 211 Å². The molecule has 0 radical (unpaired) electrons. The third kappa shape index (κ3) is 30.3. The van der Waals surface area contributed by atoms with E-state index in [1.54, 1.807) is 0 Å². The molecular weight excluding hydrogens is 720 g/mol. The van der Waals surface area contributed by atoms with Crippen LogP contribution in [-0.4, -0.2) is 38.1 Å². The molecule has 0 saturated carbocycles. The maximum absolute atomic E-state index is 13.0. The van der Waals surface area contributed by atoms with Crippen molar-refractivity contribution >= 4 is 22.1 Å². The second-order valence-electron chi connectivity index (χ2n) is 15.0. The molecule has 0 atom stereocenters. The number of ether oxygens (including phenoxy) is 2. The molecule has 0 amide bonds. The first-order chi connectivity index (χ1) is 26.3. The van der Waals surface area contributed by atoms with E-state index in [0.29, 0.717) is 12.8 Å². The van der Waals surface area contributed by atoms with Gasteiger partial charge in [-0.25, -0.2) is 18.0 Å². The second-order valence-corrected chi connectivity index (χ2v) is 16.3. The third-order valence-electron chi connectivity index (χ3n) is 10.00. The molecule has 0 aliphatic rings. The standard InChI is InChI=1S/C46H78O7S.Na/c1-3-5-7-9-11-13-15-17-19-21-23-25-27-29-31-33-35-40-52-45(47)42-38-37-39-43(54(49,50)51)44(42)46(48)53-41-36-34-32-30-28-26-24-22-20-18-16-14-12-10-8-6-4-2;/h11-14,37-39H,3-10,15-36,40-41H2,1-2H3,(H,49,50,51);/q;+1/p-1/b13-11+,14-12+;. The Labute approximate surface area is 359 Å². The van der Waals surface area contributed by atoms with E-state index in [0.717, 1.165) is 44.6 Å².